The van der Waals surface area contributed by atoms with Gasteiger partial charge in [0.05, 0.1) is 0 Å². The maximum Gasteiger partial charge on any atom is 0.0484 e. The molecule has 2 aromatic carbocycles. The first-order valence-corrected chi connectivity index (χ1v) is 6.88. The van der Waals surface area contributed by atoms with E-state index in [0.717, 1.165) is 6.42 Å². The van der Waals surface area contributed by atoms with Crippen LogP contribution in [0.2, 0.25) is 0 Å². The summed E-state index contributed by atoms with van der Waals surface area (Å²) in [5.74, 6) is 0. The van der Waals surface area contributed by atoms with E-state index in [0.29, 0.717) is 0 Å². The van der Waals surface area contributed by atoms with Crippen LogP contribution in [0, 0.1) is 13.8 Å². The minimum absolute atomic E-state index is 1.04. The number of hydrogen-bond donors (Lipinski definition) is 0. The predicted molar refractivity (Wildman–Crippen MR) is 82.1 cm³/mol. The molecule has 0 spiro atoms. The zero-order valence-electron chi connectivity index (χ0n) is 11.8. The van der Waals surface area contributed by atoms with Crippen molar-refractivity contribution in [3.05, 3.63) is 65.5 Å². The Morgan fingerprint density at radius 2 is 1.74 bits per heavy atom. The lowest BCUT2D eigenvalue weighted by Gasteiger charge is -2.13. The molecule has 1 aromatic heterocycles. The molecule has 0 fully saturated rings. The smallest absolute Gasteiger partial charge is 0.0484 e. The van der Waals surface area contributed by atoms with Gasteiger partial charge in [0.15, 0.2) is 0 Å². The second-order valence-corrected chi connectivity index (χ2v) is 5.11. The van der Waals surface area contributed by atoms with Crippen LogP contribution in [0.25, 0.3) is 16.5 Å². The molecule has 0 aliphatic carbocycles. The quantitative estimate of drug-likeness (QED) is 0.614. The fourth-order valence-corrected chi connectivity index (χ4v) is 2.79. The molecule has 3 aromatic rings. The normalized spacial score (nSPS) is 11.1. The van der Waals surface area contributed by atoms with Crippen LogP contribution in [0.4, 0.5) is 0 Å². The first-order chi connectivity index (χ1) is 9.22. The number of aromatic nitrogens is 1. The van der Waals surface area contributed by atoms with E-state index in [1.165, 1.54) is 33.3 Å². The highest BCUT2D eigenvalue weighted by atomic mass is 15.0. The summed E-state index contributed by atoms with van der Waals surface area (Å²) in [4.78, 5) is 0. The van der Waals surface area contributed by atoms with Crippen LogP contribution < -0.4 is 0 Å². The van der Waals surface area contributed by atoms with Gasteiger partial charge < -0.3 is 4.57 Å². The molecule has 19 heavy (non-hydrogen) atoms. The highest BCUT2D eigenvalue weighted by Gasteiger charge is 2.10. The molecule has 96 valence electrons. The highest BCUT2D eigenvalue weighted by molar-refractivity contribution is 5.86. The van der Waals surface area contributed by atoms with E-state index in [2.05, 4.69) is 74.0 Å². The third-order valence-corrected chi connectivity index (χ3v) is 4.00. The van der Waals surface area contributed by atoms with Gasteiger partial charge in [0.1, 0.15) is 0 Å². The molecule has 3 rings (SSSR count). The summed E-state index contributed by atoms with van der Waals surface area (Å²) in [7, 11) is 0. The van der Waals surface area contributed by atoms with E-state index in [1.54, 1.807) is 0 Å². The molecule has 1 nitrogen and oxygen atoms in total. The molecule has 0 bridgehead atoms. The zero-order valence-corrected chi connectivity index (χ0v) is 11.8. The van der Waals surface area contributed by atoms with E-state index in [4.69, 9.17) is 0 Å². The second-order valence-electron chi connectivity index (χ2n) is 5.11. The minimum atomic E-state index is 1.04. The van der Waals surface area contributed by atoms with Crippen molar-refractivity contribution in [2.75, 3.05) is 0 Å². The molecule has 0 amide bonds. The molecule has 1 heterocycles. The number of fused-ring (bicyclic) bond motifs is 1. The Morgan fingerprint density at radius 1 is 0.947 bits per heavy atom. The molecule has 0 unspecified atom stereocenters. The summed E-state index contributed by atoms with van der Waals surface area (Å²) < 4.78 is 2.35. The van der Waals surface area contributed by atoms with Crippen LogP contribution in [-0.2, 0) is 6.42 Å². The van der Waals surface area contributed by atoms with E-state index in [-0.39, 0.29) is 0 Å². The van der Waals surface area contributed by atoms with Crippen molar-refractivity contribution in [1.82, 2.24) is 4.57 Å². The fraction of sp³-hybridized carbons (Fsp3) is 0.222. The van der Waals surface area contributed by atoms with Gasteiger partial charge in [0, 0.05) is 28.4 Å². The van der Waals surface area contributed by atoms with Gasteiger partial charge in [0.2, 0.25) is 0 Å². The van der Waals surface area contributed by atoms with Gasteiger partial charge in [0.25, 0.3) is 0 Å². The monoisotopic (exact) mass is 249 g/mol. The van der Waals surface area contributed by atoms with Crippen molar-refractivity contribution < 1.29 is 0 Å². The van der Waals surface area contributed by atoms with E-state index < -0.39 is 0 Å². The Balaban J connectivity index is 2.33. The molecule has 0 aliphatic rings. The molecular formula is C18H19N. The van der Waals surface area contributed by atoms with Crippen molar-refractivity contribution in [2.24, 2.45) is 0 Å². The Hall–Kier alpha value is -2.02. The molecular weight excluding hydrogens is 230 g/mol. The number of aryl methyl sites for hydroxylation is 2. The molecule has 1 heteroatoms. The van der Waals surface area contributed by atoms with Crippen LogP contribution in [0.5, 0.6) is 0 Å². The molecule has 0 radical (unpaired) electrons. The average Bonchev–Trinajstić information content (AvgIpc) is 2.80. The number of rotatable bonds is 2. The van der Waals surface area contributed by atoms with E-state index in [1.807, 2.05) is 0 Å². The third kappa shape index (κ3) is 1.86. The molecule has 0 N–H and O–H groups in total. The van der Waals surface area contributed by atoms with Crippen LogP contribution in [0.1, 0.15) is 23.7 Å². The maximum atomic E-state index is 2.35. The first kappa shape index (κ1) is 12.0. The number of nitrogens with zero attached hydrogens (tertiary/aromatic N) is 1. The zero-order chi connectivity index (χ0) is 13.4. The topological polar surface area (TPSA) is 4.93 Å². The van der Waals surface area contributed by atoms with Gasteiger partial charge in [-0.1, -0.05) is 43.3 Å². The van der Waals surface area contributed by atoms with Gasteiger partial charge in [-0.3, -0.25) is 0 Å². The maximum absolute atomic E-state index is 2.35. The van der Waals surface area contributed by atoms with Gasteiger partial charge in [-0.05, 0) is 37.5 Å². The lowest BCUT2D eigenvalue weighted by molar-refractivity contribution is 0.936. The highest BCUT2D eigenvalue weighted by Crippen LogP contribution is 2.27. The Morgan fingerprint density at radius 3 is 2.53 bits per heavy atom. The van der Waals surface area contributed by atoms with Gasteiger partial charge >= 0.3 is 0 Å². The molecule has 0 saturated heterocycles. The average molecular weight is 249 g/mol. The molecule has 0 aliphatic heterocycles. The Labute approximate surface area is 114 Å². The van der Waals surface area contributed by atoms with Crippen molar-refractivity contribution in [3.63, 3.8) is 0 Å². The van der Waals surface area contributed by atoms with E-state index >= 15 is 0 Å². The fourth-order valence-electron chi connectivity index (χ4n) is 2.79. The molecule has 0 atom stereocenters. The summed E-state index contributed by atoms with van der Waals surface area (Å²) in [5, 5.41) is 2.69. The van der Waals surface area contributed by atoms with Crippen LogP contribution in [0.3, 0.4) is 0 Å². The number of benzene rings is 2. The SMILES string of the molecule is CCc1c2ccccc2cn1-c1cccc(C)c1C. The minimum Gasteiger partial charge on any atom is -0.319 e. The van der Waals surface area contributed by atoms with Crippen LogP contribution in [0.15, 0.2) is 48.7 Å². The standard InChI is InChI=1S/C18H19N/c1-4-17-16-10-6-5-9-15(16)12-19(17)18-11-7-8-13(2)14(18)3/h5-12H,4H2,1-3H3. The summed E-state index contributed by atoms with van der Waals surface area (Å²) in [6.45, 7) is 6.60. The first-order valence-electron chi connectivity index (χ1n) is 6.88. The van der Waals surface area contributed by atoms with E-state index in [9.17, 15) is 0 Å². The summed E-state index contributed by atoms with van der Waals surface area (Å²) in [5.41, 5.74) is 5.40. The van der Waals surface area contributed by atoms with Crippen LogP contribution in [-0.4, -0.2) is 4.57 Å². The third-order valence-electron chi connectivity index (χ3n) is 4.00. The number of hydrogen-bond acceptors (Lipinski definition) is 0. The van der Waals surface area contributed by atoms with Crippen LogP contribution >= 0.6 is 0 Å². The Kier molecular flexibility index (Phi) is 2.90. The largest absolute Gasteiger partial charge is 0.319 e. The summed E-state index contributed by atoms with van der Waals surface area (Å²) in [6.07, 6.45) is 3.30. The summed E-state index contributed by atoms with van der Waals surface area (Å²) in [6, 6.07) is 15.2. The predicted octanol–water partition coefficient (Wildman–Crippen LogP) is 4.81. The molecule has 0 saturated carbocycles. The second kappa shape index (κ2) is 4.58. The van der Waals surface area contributed by atoms with Crippen molar-refractivity contribution in [1.29, 1.82) is 0 Å². The Bertz CT molecular complexity index is 735. The van der Waals surface area contributed by atoms with Gasteiger partial charge in [-0.15, -0.1) is 0 Å². The van der Waals surface area contributed by atoms with Crippen molar-refractivity contribution in [2.45, 2.75) is 27.2 Å². The van der Waals surface area contributed by atoms with Gasteiger partial charge in [-0.2, -0.15) is 0 Å². The van der Waals surface area contributed by atoms with Gasteiger partial charge in [-0.25, -0.2) is 0 Å². The lowest BCUT2D eigenvalue weighted by Crippen LogP contribution is -2.01. The summed E-state index contributed by atoms with van der Waals surface area (Å²) >= 11 is 0. The lowest BCUT2D eigenvalue weighted by atomic mass is 10.1. The van der Waals surface area contributed by atoms with Crippen molar-refractivity contribution in [3.8, 4) is 5.69 Å². The van der Waals surface area contributed by atoms with Crippen molar-refractivity contribution >= 4 is 10.8 Å².